The fourth-order valence-electron chi connectivity index (χ4n) is 0.542. The second-order valence-electron chi connectivity index (χ2n) is 1.62. The maximum Gasteiger partial charge on any atom is 0.146 e. The van der Waals surface area contributed by atoms with Gasteiger partial charge < -0.3 is 0 Å². The summed E-state index contributed by atoms with van der Waals surface area (Å²) in [5.41, 5.74) is 0. The molecule has 0 spiro atoms. The summed E-state index contributed by atoms with van der Waals surface area (Å²) >= 11 is 4.74. The van der Waals surface area contributed by atoms with Crippen LogP contribution in [0.5, 0.6) is 0 Å². The van der Waals surface area contributed by atoms with Gasteiger partial charge in [0.1, 0.15) is 10.8 Å². The fraction of sp³-hybridized carbons (Fsp3) is 0.167. The second kappa shape index (κ2) is 2.64. The van der Waals surface area contributed by atoms with Gasteiger partial charge in [0.05, 0.1) is 6.21 Å². The maximum atomic E-state index is 4.74. The third-order valence-corrected chi connectivity index (χ3v) is 1.09. The summed E-state index contributed by atoms with van der Waals surface area (Å²) in [5.74, 6) is 0.759. The average molecular weight is 138 g/mol. The zero-order chi connectivity index (χ0) is 6.69. The SMILES string of the molecule is C=CCC1=NC(=S)C=N1. The van der Waals surface area contributed by atoms with Gasteiger partial charge in [0.2, 0.25) is 0 Å². The van der Waals surface area contributed by atoms with Crippen LogP contribution in [0.15, 0.2) is 22.6 Å². The van der Waals surface area contributed by atoms with Crippen molar-refractivity contribution in [3.8, 4) is 0 Å². The highest BCUT2D eigenvalue weighted by Gasteiger charge is 2.00. The van der Waals surface area contributed by atoms with Gasteiger partial charge in [-0.3, -0.25) is 0 Å². The van der Waals surface area contributed by atoms with E-state index in [2.05, 4.69) is 16.6 Å². The van der Waals surface area contributed by atoms with E-state index in [1.54, 1.807) is 12.3 Å². The fourth-order valence-corrected chi connectivity index (χ4v) is 0.700. The molecule has 0 saturated carbocycles. The molecule has 0 unspecified atom stereocenters. The molecule has 0 N–H and O–H groups in total. The molecule has 0 aromatic heterocycles. The standard InChI is InChI=1S/C6H6N2S/c1-2-3-5-7-4-6(9)8-5/h2,4H,1,3H2. The minimum Gasteiger partial charge on any atom is -0.238 e. The van der Waals surface area contributed by atoms with Gasteiger partial charge in [-0.05, 0) is 0 Å². The topological polar surface area (TPSA) is 24.7 Å². The van der Waals surface area contributed by atoms with Crippen molar-refractivity contribution < 1.29 is 0 Å². The Kier molecular flexibility index (Phi) is 1.85. The zero-order valence-electron chi connectivity index (χ0n) is 4.87. The molecule has 2 nitrogen and oxygen atoms in total. The van der Waals surface area contributed by atoms with E-state index in [0.29, 0.717) is 11.4 Å². The van der Waals surface area contributed by atoms with Crippen molar-refractivity contribution in [2.75, 3.05) is 0 Å². The van der Waals surface area contributed by atoms with E-state index in [1.807, 2.05) is 0 Å². The van der Waals surface area contributed by atoms with Crippen molar-refractivity contribution in [2.45, 2.75) is 6.42 Å². The summed E-state index contributed by atoms with van der Waals surface area (Å²) in [6.45, 7) is 3.55. The van der Waals surface area contributed by atoms with Crippen LogP contribution in [0.2, 0.25) is 0 Å². The Balaban J connectivity index is 2.63. The lowest BCUT2D eigenvalue weighted by Crippen LogP contribution is -1.86. The van der Waals surface area contributed by atoms with Crippen LogP contribution in [0.25, 0.3) is 0 Å². The van der Waals surface area contributed by atoms with Crippen LogP contribution < -0.4 is 0 Å². The van der Waals surface area contributed by atoms with Gasteiger partial charge in [0.25, 0.3) is 0 Å². The highest BCUT2D eigenvalue weighted by Crippen LogP contribution is 1.97. The first-order chi connectivity index (χ1) is 4.33. The van der Waals surface area contributed by atoms with Crippen molar-refractivity contribution in [3.05, 3.63) is 12.7 Å². The molecule has 0 radical (unpaired) electrons. The number of thiocarbonyl (C=S) groups is 1. The third kappa shape index (κ3) is 1.54. The van der Waals surface area contributed by atoms with Crippen LogP contribution in [0.1, 0.15) is 6.42 Å². The van der Waals surface area contributed by atoms with E-state index in [9.17, 15) is 0 Å². The number of aliphatic imine (C=N–C) groups is 2. The van der Waals surface area contributed by atoms with Crippen molar-refractivity contribution in [3.63, 3.8) is 0 Å². The van der Waals surface area contributed by atoms with Gasteiger partial charge in [0.15, 0.2) is 0 Å². The average Bonchev–Trinajstić information content (AvgIpc) is 2.17. The van der Waals surface area contributed by atoms with E-state index >= 15 is 0 Å². The van der Waals surface area contributed by atoms with E-state index in [0.717, 1.165) is 5.84 Å². The molecule has 1 heterocycles. The predicted octanol–water partition coefficient (Wildman–Crippen LogP) is 1.37. The van der Waals surface area contributed by atoms with Crippen LogP contribution in [-0.4, -0.2) is 17.0 Å². The van der Waals surface area contributed by atoms with Crippen molar-refractivity contribution >= 4 is 29.3 Å². The summed E-state index contributed by atoms with van der Waals surface area (Å²) in [7, 11) is 0. The van der Waals surface area contributed by atoms with Crippen molar-refractivity contribution in [1.82, 2.24) is 0 Å². The molecular weight excluding hydrogens is 132 g/mol. The first-order valence-corrected chi connectivity index (χ1v) is 3.00. The smallest absolute Gasteiger partial charge is 0.146 e. The number of hydrogen-bond donors (Lipinski definition) is 0. The molecule has 0 aromatic rings. The van der Waals surface area contributed by atoms with Gasteiger partial charge in [-0.15, -0.1) is 6.58 Å². The minimum atomic E-state index is 0.562. The Morgan fingerprint density at radius 2 is 2.56 bits per heavy atom. The predicted molar refractivity (Wildman–Crippen MR) is 43.3 cm³/mol. The Bertz CT molecular complexity index is 203. The van der Waals surface area contributed by atoms with Gasteiger partial charge >= 0.3 is 0 Å². The summed E-state index contributed by atoms with van der Waals surface area (Å²) in [6, 6.07) is 0. The molecule has 1 rings (SSSR count). The minimum absolute atomic E-state index is 0.562. The van der Waals surface area contributed by atoms with Gasteiger partial charge in [0, 0.05) is 6.42 Å². The Morgan fingerprint density at radius 3 is 3.00 bits per heavy atom. The first kappa shape index (κ1) is 6.29. The molecule has 1 aliphatic heterocycles. The van der Waals surface area contributed by atoms with Gasteiger partial charge in [-0.1, -0.05) is 18.3 Å². The molecule has 0 aromatic carbocycles. The number of nitrogens with zero attached hydrogens (tertiary/aromatic N) is 2. The highest BCUT2D eigenvalue weighted by atomic mass is 32.1. The van der Waals surface area contributed by atoms with Gasteiger partial charge in [-0.25, -0.2) is 9.98 Å². The lowest BCUT2D eigenvalue weighted by atomic mass is 10.4. The summed E-state index contributed by atoms with van der Waals surface area (Å²) in [4.78, 5) is 8.41. The lowest BCUT2D eigenvalue weighted by molar-refractivity contribution is 1.42. The Hall–Kier alpha value is -0.830. The highest BCUT2D eigenvalue weighted by molar-refractivity contribution is 7.81. The van der Waals surface area contributed by atoms with Crippen LogP contribution in [0.3, 0.4) is 0 Å². The third-order valence-electron chi connectivity index (χ3n) is 0.890. The molecule has 0 aliphatic carbocycles. The van der Waals surface area contributed by atoms with Crippen LogP contribution in [0, 0.1) is 0 Å². The molecule has 3 heteroatoms. The molecule has 46 valence electrons. The van der Waals surface area contributed by atoms with Crippen LogP contribution in [-0.2, 0) is 0 Å². The molecular formula is C6H6N2S. The quantitative estimate of drug-likeness (QED) is 0.418. The second-order valence-corrected chi connectivity index (χ2v) is 2.04. The molecule has 9 heavy (non-hydrogen) atoms. The summed E-state index contributed by atoms with van der Waals surface area (Å²) < 4.78 is 0. The van der Waals surface area contributed by atoms with Gasteiger partial charge in [-0.2, -0.15) is 0 Å². The molecule has 0 amide bonds. The normalized spacial score (nSPS) is 16.0. The lowest BCUT2D eigenvalue weighted by Gasteiger charge is -1.83. The molecule has 0 bridgehead atoms. The Morgan fingerprint density at radius 1 is 1.78 bits per heavy atom. The van der Waals surface area contributed by atoms with E-state index in [1.165, 1.54) is 0 Å². The molecule has 0 saturated heterocycles. The molecule has 0 fully saturated rings. The molecule has 1 aliphatic rings. The van der Waals surface area contributed by atoms with Crippen LogP contribution in [0.4, 0.5) is 0 Å². The zero-order valence-corrected chi connectivity index (χ0v) is 5.69. The Labute approximate surface area is 59.0 Å². The van der Waals surface area contributed by atoms with E-state index in [4.69, 9.17) is 12.2 Å². The van der Waals surface area contributed by atoms with E-state index in [-0.39, 0.29) is 0 Å². The molecule has 0 atom stereocenters. The van der Waals surface area contributed by atoms with Crippen LogP contribution >= 0.6 is 12.2 Å². The monoisotopic (exact) mass is 138 g/mol. The number of hydrogen-bond acceptors (Lipinski definition) is 2. The van der Waals surface area contributed by atoms with E-state index < -0.39 is 0 Å². The summed E-state index contributed by atoms with van der Waals surface area (Å²) in [5, 5.41) is 0. The van der Waals surface area contributed by atoms with Crippen molar-refractivity contribution in [1.29, 1.82) is 0 Å². The maximum absolute atomic E-state index is 4.74. The van der Waals surface area contributed by atoms with Crippen molar-refractivity contribution in [2.24, 2.45) is 9.98 Å². The number of rotatable bonds is 2. The number of amidine groups is 1. The largest absolute Gasteiger partial charge is 0.238 e. The summed E-state index contributed by atoms with van der Waals surface area (Å²) in [6.07, 6.45) is 4.04. The first-order valence-electron chi connectivity index (χ1n) is 2.59.